The van der Waals surface area contributed by atoms with Gasteiger partial charge in [-0.15, -0.1) is 0 Å². The maximum atomic E-state index is 11.8. The van der Waals surface area contributed by atoms with Crippen molar-refractivity contribution in [1.82, 2.24) is 9.03 Å². The van der Waals surface area contributed by atoms with Crippen molar-refractivity contribution in [3.8, 4) is 0 Å². The predicted octanol–water partition coefficient (Wildman–Crippen LogP) is 0.179. The summed E-state index contributed by atoms with van der Waals surface area (Å²) in [7, 11) is -3.35. The summed E-state index contributed by atoms with van der Waals surface area (Å²) in [6, 6.07) is 0. The van der Waals surface area contributed by atoms with Crippen LogP contribution in [0.15, 0.2) is 0 Å². The minimum atomic E-state index is -3.35. The summed E-state index contributed by atoms with van der Waals surface area (Å²) in [5, 5.41) is 9.41. The quantitative estimate of drug-likeness (QED) is 0.731. The van der Waals surface area contributed by atoms with E-state index in [1.165, 1.54) is 4.31 Å². The van der Waals surface area contributed by atoms with Crippen molar-refractivity contribution in [1.29, 1.82) is 0 Å². The van der Waals surface area contributed by atoms with Crippen LogP contribution >= 0.6 is 0 Å². The lowest BCUT2D eigenvalue weighted by Crippen LogP contribution is -2.41. The lowest BCUT2D eigenvalue weighted by Gasteiger charge is -2.18. The van der Waals surface area contributed by atoms with E-state index < -0.39 is 16.3 Å². The summed E-state index contributed by atoms with van der Waals surface area (Å²) < 4.78 is 27.7. The summed E-state index contributed by atoms with van der Waals surface area (Å²) in [5.41, 5.74) is 0. The zero-order valence-electron chi connectivity index (χ0n) is 10.2. The SMILES string of the molecule is CC(C)CNS(=O)(=O)N1CCC(C(C)O)C1. The molecule has 0 aromatic heterocycles. The molecule has 2 N–H and O–H groups in total. The number of hydrogen-bond donors (Lipinski definition) is 2. The van der Waals surface area contributed by atoms with Gasteiger partial charge in [-0.1, -0.05) is 13.8 Å². The van der Waals surface area contributed by atoms with Gasteiger partial charge in [-0.2, -0.15) is 12.7 Å². The minimum absolute atomic E-state index is 0.0654. The lowest BCUT2D eigenvalue weighted by molar-refractivity contribution is 0.132. The molecule has 0 aromatic rings. The number of aliphatic hydroxyl groups is 1. The molecule has 1 rings (SSSR count). The topological polar surface area (TPSA) is 69.6 Å². The first-order chi connectivity index (χ1) is 7.33. The van der Waals surface area contributed by atoms with Crippen LogP contribution in [0.1, 0.15) is 27.2 Å². The zero-order valence-corrected chi connectivity index (χ0v) is 11.0. The van der Waals surface area contributed by atoms with Gasteiger partial charge >= 0.3 is 0 Å². The van der Waals surface area contributed by atoms with E-state index in [2.05, 4.69) is 4.72 Å². The fourth-order valence-electron chi connectivity index (χ4n) is 1.73. The molecular formula is C10H22N2O3S. The normalized spacial score (nSPS) is 25.2. The third-order valence-electron chi connectivity index (χ3n) is 2.88. The van der Waals surface area contributed by atoms with Crippen molar-refractivity contribution < 1.29 is 13.5 Å². The average Bonchev–Trinajstić information content (AvgIpc) is 2.64. The molecule has 0 radical (unpaired) electrons. The van der Waals surface area contributed by atoms with E-state index in [-0.39, 0.29) is 5.92 Å². The lowest BCUT2D eigenvalue weighted by atomic mass is 10.0. The summed E-state index contributed by atoms with van der Waals surface area (Å²) in [6.45, 7) is 7.02. The van der Waals surface area contributed by atoms with Gasteiger partial charge in [0.2, 0.25) is 0 Å². The van der Waals surface area contributed by atoms with Gasteiger partial charge in [-0.3, -0.25) is 0 Å². The fraction of sp³-hybridized carbons (Fsp3) is 1.00. The van der Waals surface area contributed by atoms with Gasteiger partial charge in [0.25, 0.3) is 10.2 Å². The molecule has 0 saturated carbocycles. The van der Waals surface area contributed by atoms with Crippen LogP contribution in [0.4, 0.5) is 0 Å². The Balaban J connectivity index is 2.52. The maximum Gasteiger partial charge on any atom is 0.279 e. The molecule has 1 aliphatic rings. The predicted molar refractivity (Wildman–Crippen MR) is 63.1 cm³/mol. The molecule has 6 heteroatoms. The molecule has 1 saturated heterocycles. The monoisotopic (exact) mass is 250 g/mol. The second-order valence-electron chi connectivity index (χ2n) is 4.89. The van der Waals surface area contributed by atoms with Crippen molar-refractivity contribution in [2.24, 2.45) is 11.8 Å². The van der Waals surface area contributed by atoms with Crippen molar-refractivity contribution in [2.45, 2.75) is 33.3 Å². The van der Waals surface area contributed by atoms with E-state index in [4.69, 9.17) is 0 Å². The van der Waals surface area contributed by atoms with Gasteiger partial charge in [-0.05, 0) is 25.2 Å². The van der Waals surface area contributed by atoms with Crippen molar-refractivity contribution >= 4 is 10.2 Å². The van der Waals surface area contributed by atoms with E-state index in [1.54, 1.807) is 6.92 Å². The van der Waals surface area contributed by atoms with Crippen molar-refractivity contribution in [2.75, 3.05) is 19.6 Å². The van der Waals surface area contributed by atoms with Crippen LogP contribution in [0.25, 0.3) is 0 Å². The summed E-state index contributed by atoms with van der Waals surface area (Å²) in [6.07, 6.45) is 0.297. The molecule has 0 amide bonds. The third-order valence-corrected chi connectivity index (χ3v) is 4.43. The van der Waals surface area contributed by atoms with Crippen molar-refractivity contribution in [3.05, 3.63) is 0 Å². The Morgan fingerprint density at radius 1 is 1.44 bits per heavy atom. The Bertz CT molecular complexity index is 314. The standard InChI is InChI=1S/C10H22N2O3S/c1-8(2)6-11-16(14,15)12-5-4-10(7-12)9(3)13/h8-11,13H,4-7H2,1-3H3. The molecule has 0 aromatic carbocycles. The molecule has 16 heavy (non-hydrogen) atoms. The minimum Gasteiger partial charge on any atom is -0.393 e. The number of nitrogens with one attached hydrogen (secondary N) is 1. The molecule has 5 nitrogen and oxygen atoms in total. The van der Waals surface area contributed by atoms with Crippen LogP contribution in [-0.4, -0.2) is 43.6 Å². The van der Waals surface area contributed by atoms with Crippen LogP contribution in [0.3, 0.4) is 0 Å². The maximum absolute atomic E-state index is 11.8. The van der Waals surface area contributed by atoms with Crippen LogP contribution in [0.5, 0.6) is 0 Å². The highest BCUT2D eigenvalue weighted by atomic mass is 32.2. The second kappa shape index (κ2) is 5.44. The van der Waals surface area contributed by atoms with Crippen LogP contribution in [0.2, 0.25) is 0 Å². The molecule has 1 fully saturated rings. The van der Waals surface area contributed by atoms with Crippen LogP contribution in [0, 0.1) is 11.8 Å². The Kier molecular flexibility index (Phi) is 4.73. The highest BCUT2D eigenvalue weighted by Gasteiger charge is 2.33. The third kappa shape index (κ3) is 3.69. The van der Waals surface area contributed by atoms with Gasteiger partial charge in [0.05, 0.1) is 6.10 Å². The molecule has 0 bridgehead atoms. The molecule has 1 heterocycles. The molecule has 0 spiro atoms. The second-order valence-corrected chi connectivity index (χ2v) is 6.65. The van der Waals surface area contributed by atoms with Crippen LogP contribution in [-0.2, 0) is 10.2 Å². The first-order valence-electron chi connectivity index (χ1n) is 5.75. The average molecular weight is 250 g/mol. The Morgan fingerprint density at radius 3 is 2.50 bits per heavy atom. The number of rotatable bonds is 5. The summed E-state index contributed by atoms with van der Waals surface area (Å²) >= 11 is 0. The van der Waals surface area contributed by atoms with Gasteiger partial charge in [0.1, 0.15) is 0 Å². The van der Waals surface area contributed by atoms with Gasteiger partial charge in [0.15, 0.2) is 0 Å². The first kappa shape index (κ1) is 13.9. The molecular weight excluding hydrogens is 228 g/mol. The first-order valence-corrected chi connectivity index (χ1v) is 7.19. The van der Waals surface area contributed by atoms with Gasteiger partial charge in [-0.25, -0.2) is 4.72 Å². The van der Waals surface area contributed by atoms with Gasteiger partial charge < -0.3 is 5.11 Å². The highest BCUT2D eigenvalue weighted by molar-refractivity contribution is 7.87. The highest BCUT2D eigenvalue weighted by Crippen LogP contribution is 2.21. The van der Waals surface area contributed by atoms with Crippen LogP contribution < -0.4 is 4.72 Å². The van der Waals surface area contributed by atoms with Gasteiger partial charge in [0, 0.05) is 19.6 Å². The zero-order chi connectivity index (χ0) is 12.3. The van der Waals surface area contributed by atoms with E-state index in [1.807, 2.05) is 13.8 Å². The van der Waals surface area contributed by atoms with E-state index in [9.17, 15) is 13.5 Å². The number of hydrogen-bond acceptors (Lipinski definition) is 3. The molecule has 2 unspecified atom stereocenters. The van der Waals surface area contributed by atoms with E-state index >= 15 is 0 Å². The Hall–Kier alpha value is -0.170. The fourth-order valence-corrected chi connectivity index (χ4v) is 3.19. The summed E-state index contributed by atoms with van der Waals surface area (Å²) in [4.78, 5) is 0. The molecule has 0 aliphatic carbocycles. The Morgan fingerprint density at radius 2 is 2.06 bits per heavy atom. The van der Waals surface area contributed by atoms with E-state index in [0.717, 1.165) is 6.42 Å². The number of nitrogens with zero attached hydrogens (tertiary/aromatic N) is 1. The molecule has 1 aliphatic heterocycles. The number of aliphatic hydroxyl groups excluding tert-OH is 1. The Labute approximate surface area is 98.0 Å². The largest absolute Gasteiger partial charge is 0.393 e. The molecule has 96 valence electrons. The molecule has 2 atom stereocenters. The summed E-state index contributed by atoms with van der Waals surface area (Å²) in [5.74, 6) is 0.362. The van der Waals surface area contributed by atoms with E-state index in [0.29, 0.717) is 25.6 Å². The smallest absolute Gasteiger partial charge is 0.279 e. The van der Waals surface area contributed by atoms with Crippen molar-refractivity contribution in [3.63, 3.8) is 0 Å².